The fraction of sp³-hybridized carbons (Fsp3) is 0.438. The molecular formula is C16H21N3O. The van der Waals surface area contributed by atoms with Crippen LogP contribution in [-0.4, -0.2) is 34.9 Å². The summed E-state index contributed by atoms with van der Waals surface area (Å²) in [7, 11) is 1.90. The van der Waals surface area contributed by atoms with E-state index in [1.807, 2.05) is 42.3 Å². The van der Waals surface area contributed by atoms with Crippen molar-refractivity contribution in [2.24, 2.45) is 5.73 Å². The molecule has 20 heavy (non-hydrogen) atoms. The van der Waals surface area contributed by atoms with Crippen molar-refractivity contribution in [3.63, 3.8) is 0 Å². The number of hydrogen-bond acceptors (Lipinski definition) is 2. The Labute approximate surface area is 118 Å². The third-order valence-electron chi connectivity index (χ3n) is 4.37. The van der Waals surface area contributed by atoms with Crippen LogP contribution >= 0.6 is 0 Å². The summed E-state index contributed by atoms with van der Waals surface area (Å²) in [5.74, 6) is 0.0710. The molecule has 3 N–H and O–H groups in total. The second kappa shape index (κ2) is 5.29. The minimum Gasteiger partial charge on any atom is -0.351 e. The SMILES string of the molecule is CN(C(=O)c1cc2ccccc2[nH]1)C1CCC(N)CC1. The van der Waals surface area contributed by atoms with Crippen molar-refractivity contribution in [2.45, 2.75) is 37.8 Å². The molecule has 1 heterocycles. The van der Waals surface area contributed by atoms with Gasteiger partial charge in [-0.1, -0.05) is 18.2 Å². The summed E-state index contributed by atoms with van der Waals surface area (Å²) in [6.45, 7) is 0. The first-order valence-corrected chi connectivity index (χ1v) is 7.25. The number of nitrogens with two attached hydrogens (primary N) is 1. The van der Waals surface area contributed by atoms with E-state index in [0.717, 1.165) is 36.6 Å². The van der Waals surface area contributed by atoms with Crippen LogP contribution in [0.2, 0.25) is 0 Å². The number of hydrogen-bond donors (Lipinski definition) is 2. The van der Waals surface area contributed by atoms with E-state index in [4.69, 9.17) is 5.73 Å². The molecule has 0 saturated heterocycles. The second-order valence-electron chi connectivity index (χ2n) is 5.75. The standard InChI is InChI=1S/C16H21N3O/c1-19(13-8-6-12(17)7-9-13)16(20)15-10-11-4-2-3-5-14(11)18-15/h2-5,10,12-13,18H,6-9,17H2,1H3. The van der Waals surface area contributed by atoms with Gasteiger partial charge in [0.1, 0.15) is 5.69 Å². The Morgan fingerprint density at radius 1 is 1.25 bits per heavy atom. The molecule has 1 saturated carbocycles. The van der Waals surface area contributed by atoms with E-state index in [1.54, 1.807) is 0 Å². The Morgan fingerprint density at radius 2 is 1.95 bits per heavy atom. The van der Waals surface area contributed by atoms with Crippen LogP contribution < -0.4 is 5.73 Å². The van der Waals surface area contributed by atoms with Gasteiger partial charge in [-0.15, -0.1) is 0 Å². The van der Waals surface area contributed by atoms with E-state index in [2.05, 4.69) is 4.98 Å². The molecule has 0 spiro atoms. The monoisotopic (exact) mass is 271 g/mol. The molecule has 1 aliphatic carbocycles. The molecule has 1 fully saturated rings. The van der Waals surface area contributed by atoms with E-state index in [1.165, 1.54) is 0 Å². The molecule has 4 heteroatoms. The van der Waals surface area contributed by atoms with Crippen molar-refractivity contribution in [3.8, 4) is 0 Å². The van der Waals surface area contributed by atoms with Gasteiger partial charge in [0, 0.05) is 30.0 Å². The molecular weight excluding hydrogens is 250 g/mol. The lowest BCUT2D eigenvalue weighted by Crippen LogP contribution is -2.41. The minimum absolute atomic E-state index is 0.0710. The van der Waals surface area contributed by atoms with Crippen molar-refractivity contribution in [2.75, 3.05) is 7.05 Å². The predicted molar refractivity (Wildman–Crippen MR) is 80.6 cm³/mol. The summed E-state index contributed by atoms with van der Waals surface area (Å²) >= 11 is 0. The molecule has 0 radical (unpaired) electrons. The van der Waals surface area contributed by atoms with Crippen molar-refractivity contribution < 1.29 is 4.79 Å². The Balaban J connectivity index is 1.77. The summed E-state index contributed by atoms with van der Waals surface area (Å²) in [4.78, 5) is 17.6. The lowest BCUT2D eigenvalue weighted by atomic mass is 9.91. The Hall–Kier alpha value is -1.81. The number of nitrogens with one attached hydrogen (secondary N) is 1. The molecule has 1 aliphatic rings. The van der Waals surface area contributed by atoms with Gasteiger partial charge in [0.05, 0.1) is 0 Å². The molecule has 0 bridgehead atoms. The van der Waals surface area contributed by atoms with Gasteiger partial charge in [0.15, 0.2) is 0 Å². The quantitative estimate of drug-likeness (QED) is 0.881. The fourth-order valence-corrected chi connectivity index (χ4v) is 3.03. The topological polar surface area (TPSA) is 62.1 Å². The summed E-state index contributed by atoms with van der Waals surface area (Å²) in [6, 6.07) is 10.5. The number of benzene rings is 1. The number of para-hydroxylation sites is 1. The first-order chi connectivity index (χ1) is 9.65. The van der Waals surface area contributed by atoms with Gasteiger partial charge in [-0.2, -0.15) is 0 Å². The highest BCUT2D eigenvalue weighted by molar-refractivity contribution is 5.98. The molecule has 0 atom stereocenters. The number of fused-ring (bicyclic) bond motifs is 1. The summed E-state index contributed by atoms with van der Waals surface area (Å²) in [6.07, 6.45) is 4.03. The van der Waals surface area contributed by atoms with Crippen LogP contribution in [0.4, 0.5) is 0 Å². The summed E-state index contributed by atoms with van der Waals surface area (Å²) < 4.78 is 0. The summed E-state index contributed by atoms with van der Waals surface area (Å²) in [5.41, 5.74) is 7.60. The maximum Gasteiger partial charge on any atom is 0.270 e. The lowest BCUT2D eigenvalue weighted by molar-refractivity contribution is 0.0685. The number of carbonyl (C=O) groups is 1. The van der Waals surface area contributed by atoms with Crippen LogP contribution in [-0.2, 0) is 0 Å². The van der Waals surface area contributed by atoms with Crippen molar-refractivity contribution in [1.82, 2.24) is 9.88 Å². The highest BCUT2D eigenvalue weighted by Gasteiger charge is 2.26. The Bertz CT molecular complexity index is 578. The largest absolute Gasteiger partial charge is 0.351 e. The molecule has 1 aromatic carbocycles. The van der Waals surface area contributed by atoms with E-state index in [9.17, 15) is 4.79 Å². The zero-order chi connectivity index (χ0) is 14.1. The average Bonchev–Trinajstić information content (AvgIpc) is 2.90. The number of carbonyl (C=O) groups excluding carboxylic acids is 1. The highest BCUT2D eigenvalue weighted by atomic mass is 16.2. The highest BCUT2D eigenvalue weighted by Crippen LogP contribution is 2.23. The van der Waals surface area contributed by atoms with Crippen LogP contribution in [0.3, 0.4) is 0 Å². The smallest absolute Gasteiger partial charge is 0.270 e. The lowest BCUT2D eigenvalue weighted by Gasteiger charge is -2.33. The maximum atomic E-state index is 12.6. The van der Waals surface area contributed by atoms with Crippen molar-refractivity contribution >= 4 is 16.8 Å². The zero-order valence-electron chi connectivity index (χ0n) is 11.8. The van der Waals surface area contributed by atoms with Crippen LogP contribution in [0.1, 0.15) is 36.2 Å². The van der Waals surface area contributed by atoms with Crippen molar-refractivity contribution in [1.29, 1.82) is 0 Å². The van der Waals surface area contributed by atoms with Gasteiger partial charge in [0.2, 0.25) is 0 Å². The van der Waals surface area contributed by atoms with Gasteiger partial charge >= 0.3 is 0 Å². The van der Waals surface area contributed by atoms with E-state index in [0.29, 0.717) is 17.8 Å². The molecule has 1 amide bonds. The molecule has 4 nitrogen and oxygen atoms in total. The van der Waals surface area contributed by atoms with Gasteiger partial charge in [0.25, 0.3) is 5.91 Å². The number of aromatic nitrogens is 1. The Kier molecular flexibility index (Phi) is 3.49. The fourth-order valence-electron chi connectivity index (χ4n) is 3.03. The van der Waals surface area contributed by atoms with Gasteiger partial charge in [-0.25, -0.2) is 0 Å². The number of amides is 1. The number of nitrogens with zero attached hydrogens (tertiary/aromatic N) is 1. The van der Waals surface area contributed by atoms with Gasteiger partial charge in [-0.3, -0.25) is 4.79 Å². The molecule has 106 valence electrons. The first kappa shape index (κ1) is 13.2. The summed E-state index contributed by atoms with van der Waals surface area (Å²) in [5, 5.41) is 1.08. The maximum absolute atomic E-state index is 12.6. The minimum atomic E-state index is 0.0710. The van der Waals surface area contributed by atoms with Crippen LogP contribution in [0, 0.1) is 0 Å². The first-order valence-electron chi connectivity index (χ1n) is 7.25. The predicted octanol–water partition coefficient (Wildman–Crippen LogP) is 2.51. The zero-order valence-corrected chi connectivity index (χ0v) is 11.8. The molecule has 2 aromatic rings. The normalized spacial score (nSPS) is 22.9. The molecule has 1 aromatic heterocycles. The number of rotatable bonds is 2. The average molecular weight is 271 g/mol. The van der Waals surface area contributed by atoms with E-state index >= 15 is 0 Å². The van der Waals surface area contributed by atoms with E-state index < -0.39 is 0 Å². The van der Waals surface area contributed by atoms with Crippen LogP contribution in [0.15, 0.2) is 30.3 Å². The molecule has 0 aliphatic heterocycles. The van der Waals surface area contributed by atoms with Crippen LogP contribution in [0.5, 0.6) is 0 Å². The molecule has 0 unspecified atom stereocenters. The molecule has 3 rings (SSSR count). The van der Waals surface area contributed by atoms with Gasteiger partial charge in [-0.05, 0) is 37.8 Å². The van der Waals surface area contributed by atoms with Crippen LogP contribution in [0.25, 0.3) is 10.9 Å². The second-order valence-corrected chi connectivity index (χ2v) is 5.75. The number of H-pyrrole nitrogens is 1. The van der Waals surface area contributed by atoms with Gasteiger partial charge < -0.3 is 15.6 Å². The Morgan fingerprint density at radius 3 is 2.65 bits per heavy atom. The third kappa shape index (κ3) is 2.43. The van der Waals surface area contributed by atoms with E-state index in [-0.39, 0.29) is 5.91 Å². The third-order valence-corrected chi connectivity index (χ3v) is 4.37. The van der Waals surface area contributed by atoms with Crippen molar-refractivity contribution in [3.05, 3.63) is 36.0 Å². The number of aromatic amines is 1.